The monoisotopic (exact) mass is 276 g/mol. The number of esters is 1. The predicted molar refractivity (Wildman–Crippen MR) is 62.3 cm³/mol. The first-order valence-electron chi connectivity index (χ1n) is 5.70. The van der Waals surface area contributed by atoms with E-state index in [0.717, 1.165) is 0 Å². The van der Waals surface area contributed by atoms with E-state index in [1.807, 2.05) is 0 Å². The van der Waals surface area contributed by atoms with Gasteiger partial charge in [0.15, 0.2) is 5.54 Å². The lowest BCUT2D eigenvalue weighted by molar-refractivity contribution is -0.155. The summed E-state index contributed by atoms with van der Waals surface area (Å²) < 4.78 is 41.8. The van der Waals surface area contributed by atoms with Crippen molar-refractivity contribution in [2.24, 2.45) is 0 Å². The maximum Gasteiger partial charge on any atom is 0.401 e. The lowest BCUT2D eigenvalue weighted by Crippen LogP contribution is -2.51. The Kier molecular flexibility index (Phi) is 4.88. The second-order valence-corrected chi connectivity index (χ2v) is 4.03. The molecule has 7 heteroatoms. The summed E-state index contributed by atoms with van der Waals surface area (Å²) in [7, 11) is 0. The van der Waals surface area contributed by atoms with Gasteiger partial charge in [0.2, 0.25) is 0 Å². The van der Waals surface area contributed by atoms with Crippen LogP contribution in [-0.2, 0) is 15.1 Å². The van der Waals surface area contributed by atoms with Crippen LogP contribution in [0, 0.1) is 0 Å². The van der Waals surface area contributed by atoms with E-state index < -0.39 is 24.2 Å². The molecule has 0 saturated heterocycles. The van der Waals surface area contributed by atoms with Gasteiger partial charge in [0.1, 0.15) is 0 Å². The minimum absolute atomic E-state index is 0.0783. The summed E-state index contributed by atoms with van der Waals surface area (Å²) in [6.45, 7) is 1.67. The van der Waals surface area contributed by atoms with E-state index in [2.05, 4.69) is 10.3 Å². The fraction of sp³-hybridized carbons (Fsp3) is 0.500. The molecule has 1 unspecified atom stereocenters. The van der Waals surface area contributed by atoms with Crippen molar-refractivity contribution in [3.05, 3.63) is 30.1 Å². The van der Waals surface area contributed by atoms with Gasteiger partial charge in [0, 0.05) is 6.20 Å². The van der Waals surface area contributed by atoms with Crippen LogP contribution in [0.1, 0.15) is 19.5 Å². The summed E-state index contributed by atoms with van der Waals surface area (Å²) >= 11 is 0. The Bertz CT molecular complexity index is 423. The highest BCUT2D eigenvalue weighted by Gasteiger charge is 2.41. The van der Waals surface area contributed by atoms with Crippen LogP contribution in [0.25, 0.3) is 0 Å². The van der Waals surface area contributed by atoms with Gasteiger partial charge in [-0.3, -0.25) is 10.3 Å². The summed E-state index contributed by atoms with van der Waals surface area (Å²) in [5, 5.41) is 2.17. The minimum Gasteiger partial charge on any atom is -0.464 e. The van der Waals surface area contributed by atoms with Gasteiger partial charge in [0.25, 0.3) is 0 Å². The second-order valence-electron chi connectivity index (χ2n) is 4.03. The van der Waals surface area contributed by atoms with Crippen molar-refractivity contribution in [3.63, 3.8) is 0 Å². The Labute approximate surface area is 109 Å². The smallest absolute Gasteiger partial charge is 0.401 e. The Morgan fingerprint density at radius 1 is 1.42 bits per heavy atom. The zero-order valence-electron chi connectivity index (χ0n) is 10.6. The first-order chi connectivity index (χ1) is 8.79. The van der Waals surface area contributed by atoms with Gasteiger partial charge in [-0.25, -0.2) is 4.79 Å². The summed E-state index contributed by atoms with van der Waals surface area (Å²) in [4.78, 5) is 15.8. The largest absolute Gasteiger partial charge is 0.464 e. The topological polar surface area (TPSA) is 51.2 Å². The van der Waals surface area contributed by atoms with Crippen LogP contribution >= 0.6 is 0 Å². The van der Waals surface area contributed by atoms with E-state index in [-0.39, 0.29) is 12.3 Å². The summed E-state index contributed by atoms with van der Waals surface area (Å²) in [5.41, 5.74) is -1.45. The van der Waals surface area contributed by atoms with Gasteiger partial charge >= 0.3 is 12.1 Å². The Balaban J connectivity index is 3.00. The molecule has 1 aromatic heterocycles. The van der Waals surface area contributed by atoms with Crippen LogP contribution in [-0.4, -0.2) is 30.3 Å². The Morgan fingerprint density at radius 2 is 2.11 bits per heavy atom. The first kappa shape index (κ1) is 15.4. The predicted octanol–water partition coefficient (Wildman–Crippen LogP) is 2.01. The van der Waals surface area contributed by atoms with Crippen molar-refractivity contribution in [2.45, 2.75) is 25.6 Å². The van der Waals surface area contributed by atoms with Crippen molar-refractivity contribution in [3.8, 4) is 0 Å². The SMILES string of the molecule is CCOC(=O)C(C)(NCC(F)(F)F)c1ccccn1. The standard InChI is InChI=1S/C12H15F3N2O2/c1-3-19-10(18)11(2,17-8-12(13,14)15)9-6-4-5-7-16-9/h4-7,17H,3,8H2,1-2H3. The number of alkyl halides is 3. The Hall–Kier alpha value is -1.63. The number of hydrogen-bond donors (Lipinski definition) is 1. The average molecular weight is 276 g/mol. The molecule has 0 fully saturated rings. The van der Waals surface area contributed by atoms with Crippen molar-refractivity contribution < 1.29 is 22.7 Å². The number of rotatable bonds is 5. The van der Waals surface area contributed by atoms with Gasteiger partial charge in [-0.1, -0.05) is 6.07 Å². The maximum absolute atomic E-state index is 12.3. The van der Waals surface area contributed by atoms with E-state index in [9.17, 15) is 18.0 Å². The molecule has 0 aromatic carbocycles. The number of nitrogens with zero attached hydrogens (tertiary/aromatic N) is 1. The van der Waals surface area contributed by atoms with Crippen LogP contribution in [0.2, 0.25) is 0 Å². The van der Waals surface area contributed by atoms with Crippen LogP contribution in [0.4, 0.5) is 13.2 Å². The molecule has 1 heterocycles. The van der Waals surface area contributed by atoms with Crippen LogP contribution in [0.3, 0.4) is 0 Å². The third-order valence-electron chi connectivity index (χ3n) is 2.50. The molecule has 0 aliphatic rings. The highest BCUT2D eigenvalue weighted by molar-refractivity contribution is 5.81. The number of carbonyl (C=O) groups excluding carboxylic acids is 1. The quantitative estimate of drug-likeness (QED) is 0.836. The molecule has 0 bridgehead atoms. The summed E-state index contributed by atoms with van der Waals surface area (Å²) in [6.07, 6.45) is -3.02. The molecule has 0 spiro atoms. The number of nitrogens with one attached hydrogen (secondary N) is 1. The van der Waals surface area contributed by atoms with Crippen molar-refractivity contribution in [1.82, 2.24) is 10.3 Å². The summed E-state index contributed by atoms with van der Waals surface area (Å²) in [6, 6.07) is 4.67. The molecule has 0 amide bonds. The molecule has 1 rings (SSSR count). The molecule has 0 aliphatic carbocycles. The highest BCUT2D eigenvalue weighted by atomic mass is 19.4. The second kappa shape index (κ2) is 6.01. The van der Waals surface area contributed by atoms with Gasteiger partial charge in [-0.15, -0.1) is 0 Å². The van der Waals surface area contributed by atoms with E-state index in [1.165, 1.54) is 19.2 Å². The molecule has 0 saturated carbocycles. The van der Waals surface area contributed by atoms with Gasteiger partial charge in [-0.2, -0.15) is 13.2 Å². The van der Waals surface area contributed by atoms with Crippen LogP contribution in [0.5, 0.6) is 0 Å². The zero-order chi connectivity index (χ0) is 14.5. The number of halogens is 3. The molecular formula is C12H15F3N2O2. The minimum atomic E-state index is -4.43. The third kappa shape index (κ3) is 4.20. The third-order valence-corrected chi connectivity index (χ3v) is 2.50. The van der Waals surface area contributed by atoms with Crippen molar-refractivity contribution in [2.75, 3.05) is 13.2 Å². The van der Waals surface area contributed by atoms with Crippen molar-refractivity contribution in [1.29, 1.82) is 0 Å². The number of pyridine rings is 1. The van der Waals surface area contributed by atoms with Crippen LogP contribution < -0.4 is 5.32 Å². The molecule has 1 aromatic rings. The van der Waals surface area contributed by atoms with E-state index in [0.29, 0.717) is 0 Å². The molecule has 1 N–H and O–H groups in total. The van der Waals surface area contributed by atoms with E-state index >= 15 is 0 Å². The summed E-state index contributed by atoms with van der Waals surface area (Å²) in [5.74, 6) is -0.794. The molecule has 106 valence electrons. The molecule has 0 radical (unpaired) electrons. The van der Waals surface area contributed by atoms with Gasteiger partial charge in [0.05, 0.1) is 18.8 Å². The van der Waals surface area contributed by atoms with Crippen LogP contribution in [0.15, 0.2) is 24.4 Å². The van der Waals surface area contributed by atoms with Gasteiger partial charge in [-0.05, 0) is 26.0 Å². The number of carbonyl (C=O) groups is 1. The van der Waals surface area contributed by atoms with E-state index in [1.54, 1.807) is 19.1 Å². The zero-order valence-corrected chi connectivity index (χ0v) is 10.6. The molecule has 19 heavy (non-hydrogen) atoms. The fourth-order valence-electron chi connectivity index (χ4n) is 1.48. The van der Waals surface area contributed by atoms with Gasteiger partial charge < -0.3 is 4.74 Å². The molecule has 0 aliphatic heterocycles. The molecule has 4 nitrogen and oxygen atoms in total. The lowest BCUT2D eigenvalue weighted by atomic mass is 9.97. The number of hydrogen-bond acceptors (Lipinski definition) is 4. The first-order valence-corrected chi connectivity index (χ1v) is 5.70. The maximum atomic E-state index is 12.3. The molecule has 1 atom stereocenters. The number of aromatic nitrogens is 1. The average Bonchev–Trinajstić information content (AvgIpc) is 2.36. The normalized spacial score (nSPS) is 14.8. The Morgan fingerprint density at radius 3 is 2.58 bits per heavy atom. The lowest BCUT2D eigenvalue weighted by Gasteiger charge is -2.28. The fourth-order valence-corrected chi connectivity index (χ4v) is 1.48. The molecular weight excluding hydrogens is 261 g/mol. The van der Waals surface area contributed by atoms with E-state index in [4.69, 9.17) is 4.74 Å². The highest BCUT2D eigenvalue weighted by Crippen LogP contribution is 2.23. The number of ether oxygens (including phenoxy) is 1. The van der Waals surface area contributed by atoms with Crippen molar-refractivity contribution >= 4 is 5.97 Å².